The van der Waals surface area contributed by atoms with Crippen LogP contribution in [0, 0.1) is 0 Å². The minimum absolute atomic E-state index is 0.0962. The van der Waals surface area contributed by atoms with Crippen molar-refractivity contribution in [2.24, 2.45) is 0 Å². The van der Waals surface area contributed by atoms with Crippen molar-refractivity contribution >= 4 is 11.6 Å². The van der Waals surface area contributed by atoms with Crippen LogP contribution < -0.4 is 10.6 Å². The molecule has 2 aromatic heterocycles. The number of pyridine rings is 1. The van der Waals surface area contributed by atoms with Crippen molar-refractivity contribution in [1.29, 1.82) is 0 Å². The molecule has 0 unspecified atom stereocenters. The molecule has 2 N–H and O–H groups in total. The Morgan fingerprint density at radius 3 is 2.94 bits per heavy atom. The Hall–Kier alpha value is -2.21. The molecule has 6 nitrogen and oxygen atoms in total. The van der Waals surface area contributed by atoms with E-state index in [9.17, 15) is 4.79 Å². The molecule has 0 saturated carbocycles. The minimum Gasteiger partial charge on any atom is -0.324 e. The SMILES string of the molecule is CNCC(=O)Nc1ccc(-n2cccn2)nc1. The zero-order valence-electron chi connectivity index (χ0n) is 9.42. The fraction of sp³-hybridized carbons (Fsp3) is 0.182. The number of likely N-dealkylation sites (N-methyl/N-ethyl adjacent to an activating group) is 1. The average molecular weight is 231 g/mol. The number of amides is 1. The number of hydrogen-bond donors (Lipinski definition) is 2. The highest BCUT2D eigenvalue weighted by Crippen LogP contribution is 2.08. The van der Waals surface area contributed by atoms with Crippen LogP contribution >= 0.6 is 0 Å². The van der Waals surface area contributed by atoms with Crippen LogP contribution in [0.2, 0.25) is 0 Å². The summed E-state index contributed by atoms with van der Waals surface area (Å²) in [6, 6.07) is 5.41. The lowest BCUT2D eigenvalue weighted by Gasteiger charge is -2.05. The van der Waals surface area contributed by atoms with Crippen molar-refractivity contribution in [2.75, 3.05) is 18.9 Å². The van der Waals surface area contributed by atoms with Crippen LogP contribution in [0.25, 0.3) is 5.82 Å². The first-order valence-corrected chi connectivity index (χ1v) is 5.20. The topological polar surface area (TPSA) is 71.8 Å². The van der Waals surface area contributed by atoms with Gasteiger partial charge in [0.1, 0.15) is 0 Å². The van der Waals surface area contributed by atoms with E-state index in [2.05, 4.69) is 20.7 Å². The van der Waals surface area contributed by atoms with E-state index in [1.54, 1.807) is 36.3 Å². The first-order chi connectivity index (χ1) is 8.29. The maximum absolute atomic E-state index is 11.3. The second kappa shape index (κ2) is 5.22. The van der Waals surface area contributed by atoms with Crippen molar-refractivity contribution in [2.45, 2.75) is 0 Å². The van der Waals surface area contributed by atoms with E-state index < -0.39 is 0 Å². The van der Waals surface area contributed by atoms with Crippen LogP contribution in [0.15, 0.2) is 36.8 Å². The first kappa shape index (κ1) is 11.3. The molecule has 2 heterocycles. The summed E-state index contributed by atoms with van der Waals surface area (Å²) in [5, 5.41) is 9.56. The van der Waals surface area contributed by atoms with Crippen LogP contribution in [-0.4, -0.2) is 34.3 Å². The van der Waals surface area contributed by atoms with Crippen LogP contribution in [0.4, 0.5) is 5.69 Å². The van der Waals surface area contributed by atoms with E-state index in [1.165, 1.54) is 0 Å². The monoisotopic (exact) mass is 231 g/mol. The fourth-order valence-corrected chi connectivity index (χ4v) is 1.37. The molecule has 0 aromatic carbocycles. The van der Waals surface area contributed by atoms with Gasteiger partial charge in [-0.1, -0.05) is 0 Å². The second-order valence-electron chi connectivity index (χ2n) is 3.43. The quantitative estimate of drug-likeness (QED) is 0.800. The molecular weight excluding hydrogens is 218 g/mol. The molecule has 0 atom stereocenters. The Bertz CT molecular complexity index is 477. The third kappa shape index (κ3) is 2.88. The molecule has 17 heavy (non-hydrogen) atoms. The molecule has 2 aromatic rings. The van der Waals surface area contributed by atoms with Gasteiger partial charge in [0.15, 0.2) is 5.82 Å². The number of nitrogens with zero attached hydrogens (tertiary/aromatic N) is 3. The van der Waals surface area contributed by atoms with E-state index >= 15 is 0 Å². The molecule has 0 saturated heterocycles. The Morgan fingerprint density at radius 1 is 1.47 bits per heavy atom. The lowest BCUT2D eigenvalue weighted by molar-refractivity contribution is -0.115. The summed E-state index contributed by atoms with van der Waals surface area (Å²) in [6.45, 7) is 0.279. The molecule has 0 aliphatic carbocycles. The average Bonchev–Trinajstić information content (AvgIpc) is 2.84. The highest BCUT2D eigenvalue weighted by atomic mass is 16.1. The molecule has 0 spiro atoms. The van der Waals surface area contributed by atoms with Crippen molar-refractivity contribution < 1.29 is 4.79 Å². The number of carbonyl (C=O) groups excluding carboxylic acids is 1. The number of aromatic nitrogens is 3. The summed E-state index contributed by atoms with van der Waals surface area (Å²) in [6.07, 6.45) is 5.09. The summed E-state index contributed by atoms with van der Waals surface area (Å²) in [4.78, 5) is 15.5. The van der Waals surface area contributed by atoms with Crippen LogP contribution in [0.1, 0.15) is 0 Å². The molecular formula is C11H13N5O. The molecule has 1 amide bonds. The Kier molecular flexibility index (Phi) is 3.46. The summed E-state index contributed by atoms with van der Waals surface area (Å²) < 4.78 is 1.65. The third-order valence-corrected chi connectivity index (χ3v) is 2.11. The molecule has 0 fully saturated rings. The maximum Gasteiger partial charge on any atom is 0.238 e. The van der Waals surface area contributed by atoms with Crippen molar-refractivity contribution in [1.82, 2.24) is 20.1 Å². The molecule has 0 aliphatic rings. The van der Waals surface area contributed by atoms with Gasteiger partial charge in [-0.15, -0.1) is 0 Å². The number of carbonyl (C=O) groups is 1. The molecule has 0 aliphatic heterocycles. The van der Waals surface area contributed by atoms with Gasteiger partial charge in [0.05, 0.1) is 18.4 Å². The summed E-state index contributed by atoms with van der Waals surface area (Å²) >= 11 is 0. The summed E-state index contributed by atoms with van der Waals surface area (Å²) in [5.74, 6) is 0.614. The van der Waals surface area contributed by atoms with E-state index in [4.69, 9.17) is 0 Å². The first-order valence-electron chi connectivity index (χ1n) is 5.20. The summed E-state index contributed by atoms with van der Waals surface area (Å²) in [7, 11) is 1.72. The van der Waals surface area contributed by atoms with Gasteiger partial charge in [-0.25, -0.2) is 9.67 Å². The molecule has 88 valence electrons. The van der Waals surface area contributed by atoms with Gasteiger partial charge < -0.3 is 10.6 Å². The number of rotatable bonds is 4. The highest BCUT2D eigenvalue weighted by molar-refractivity contribution is 5.92. The van der Waals surface area contributed by atoms with Crippen molar-refractivity contribution in [3.05, 3.63) is 36.8 Å². The molecule has 0 bridgehead atoms. The third-order valence-electron chi connectivity index (χ3n) is 2.11. The van der Waals surface area contributed by atoms with E-state index in [0.717, 1.165) is 0 Å². The number of anilines is 1. The van der Waals surface area contributed by atoms with Gasteiger partial charge in [0.25, 0.3) is 0 Å². The maximum atomic E-state index is 11.3. The van der Waals surface area contributed by atoms with E-state index in [1.807, 2.05) is 12.3 Å². The predicted molar refractivity (Wildman–Crippen MR) is 63.9 cm³/mol. The Labute approximate surface area is 98.7 Å². The van der Waals surface area contributed by atoms with Crippen molar-refractivity contribution in [3.8, 4) is 5.82 Å². The lowest BCUT2D eigenvalue weighted by atomic mass is 10.4. The van der Waals surface area contributed by atoms with Gasteiger partial charge in [-0.2, -0.15) is 5.10 Å². The molecule has 6 heteroatoms. The van der Waals surface area contributed by atoms with E-state index in [0.29, 0.717) is 11.5 Å². The predicted octanol–water partition coefficient (Wildman–Crippen LogP) is 0.425. The van der Waals surface area contributed by atoms with Gasteiger partial charge in [-0.3, -0.25) is 4.79 Å². The second-order valence-corrected chi connectivity index (χ2v) is 3.43. The standard InChI is InChI=1S/C11H13N5O/c1-12-8-11(17)15-9-3-4-10(13-7-9)16-6-2-5-14-16/h2-7,12H,8H2,1H3,(H,15,17). The largest absolute Gasteiger partial charge is 0.324 e. The van der Waals surface area contributed by atoms with Gasteiger partial charge >= 0.3 is 0 Å². The van der Waals surface area contributed by atoms with Gasteiger partial charge in [0, 0.05) is 12.4 Å². The van der Waals surface area contributed by atoms with Crippen LogP contribution in [0.5, 0.6) is 0 Å². The van der Waals surface area contributed by atoms with Crippen LogP contribution in [0.3, 0.4) is 0 Å². The van der Waals surface area contributed by atoms with Gasteiger partial charge in [-0.05, 0) is 25.2 Å². The smallest absolute Gasteiger partial charge is 0.238 e. The Balaban J connectivity index is 2.06. The zero-order valence-corrected chi connectivity index (χ0v) is 9.42. The van der Waals surface area contributed by atoms with E-state index in [-0.39, 0.29) is 12.5 Å². The van der Waals surface area contributed by atoms with Crippen LogP contribution in [-0.2, 0) is 4.79 Å². The minimum atomic E-state index is -0.0962. The summed E-state index contributed by atoms with van der Waals surface area (Å²) in [5.41, 5.74) is 0.668. The highest BCUT2D eigenvalue weighted by Gasteiger charge is 2.02. The number of hydrogen-bond acceptors (Lipinski definition) is 4. The number of nitrogens with one attached hydrogen (secondary N) is 2. The van der Waals surface area contributed by atoms with Crippen molar-refractivity contribution in [3.63, 3.8) is 0 Å². The fourth-order valence-electron chi connectivity index (χ4n) is 1.37. The lowest BCUT2D eigenvalue weighted by Crippen LogP contribution is -2.25. The Morgan fingerprint density at radius 2 is 2.35 bits per heavy atom. The molecule has 0 radical (unpaired) electrons. The molecule has 2 rings (SSSR count). The van der Waals surface area contributed by atoms with Gasteiger partial charge in [0.2, 0.25) is 5.91 Å². The zero-order chi connectivity index (χ0) is 12.1. The normalized spacial score (nSPS) is 10.2.